The van der Waals surface area contributed by atoms with Crippen LogP contribution >= 0.6 is 23.2 Å². The van der Waals surface area contributed by atoms with E-state index >= 15 is 0 Å². The lowest BCUT2D eigenvalue weighted by atomic mass is 9.89. The minimum atomic E-state index is -0.958. The van der Waals surface area contributed by atoms with Gasteiger partial charge in [-0.15, -0.1) is 0 Å². The summed E-state index contributed by atoms with van der Waals surface area (Å²) >= 11 is 12.0. The van der Waals surface area contributed by atoms with Gasteiger partial charge in [0.2, 0.25) is 0 Å². The van der Waals surface area contributed by atoms with Gasteiger partial charge >= 0.3 is 11.9 Å². The van der Waals surface area contributed by atoms with E-state index in [1.165, 1.54) is 7.11 Å². The molecular formula is C45H58Cl2O11. The van der Waals surface area contributed by atoms with Crippen LogP contribution < -0.4 is 9.47 Å². The summed E-state index contributed by atoms with van der Waals surface area (Å²) in [5, 5.41) is 54.5. The second kappa shape index (κ2) is 25.1. The first-order chi connectivity index (χ1) is 27.9. The molecule has 0 unspecified atom stereocenters. The van der Waals surface area contributed by atoms with Gasteiger partial charge in [0, 0.05) is 47.6 Å². The van der Waals surface area contributed by atoms with E-state index in [1.807, 2.05) is 24.3 Å². The summed E-state index contributed by atoms with van der Waals surface area (Å²) in [5.41, 5.74) is 0. The third-order valence-corrected chi connectivity index (χ3v) is 11.0. The zero-order chi connectivity index (χ0) is 41.9. The van der Waals surface area contributed by atoms with Gasteiger partial charge in [0.15, 0.2) is 0 Å². The fraction of sp³-hybridized carbons (Fsp3) is 0.511. The summed E-state index contributed by atoms with van der Waals surface area (Å²) < 4.78 is 21.9. The van der Waals surface area contributed by atoms with Crippen molar-refractivity contribution in [3.8, 4) is 11.5 Å². The van der Waals surface area contributed by atoms with Crippen molar-refractivity contribution < 1.29 is 54.1 Å². The molecule has 11 nitrogen and oxygen atoms in total. The van der Waals surface area contributed by atoms with Gasteiger partial charge in [0.25, 0.3) is 0 Å². The average Bonchev–Trinajstić information content (AvgIpc) is 3.64. The molecule has 5 N–H and O–H groups in total. The number of ether oxygens (including phenoxy) is 4. The predicted molar refractivity (Wildman–Crippen MR) is 223 cm³/mol. The number of benzene rings is 2. The molecule has 0 heterocycles. The molecule has 0 spiro atoms. The maximum Gasteiger partial charge on any atom is 0.306 e. The third-order valence-electron chi connectivity index (χ3n) is 10.5. The first-order valence-corrected chi connectivity index (χ1v) is 20.8. The van der Waals surface area contributed by atoms with Crippen LogP contribution in [0.3, 0.4) is 0 Å². The molecule has 58 heavy (non-hydrogen) atoms. The van der Waals surface area contributed by atoms with Gasteiger partial charge in [0.1, 0.15) is 43.0 Å². The lowest BCUT2D eigenvalue weighted by molar-refractivity contribution is -0.150. The van der Waals surface area contributed by atoms with E-state index in [4.69, 9.17) is 42.1 Å². The normalized spacial score (nSPS) is 25.9. The number of esters is 2. The highest BCUT2D eigenvalue weighted by atomic mass is 35.5. The fourth-order valence-electron chi connectivity index (χ4n) is 7.42. The van der Waals surface area contributed by atoms with Crippen molar-refractivity contribution in [2.24, 2.45) is 23.7 Å². The first kappa shape index (κ1) is 47.0. The van der Waals surface area contributed by atoms with Crippen LogP contribution in [0.2, 0.25) is 10.0 Å². The zero-order valence-electron chi connectivity index (χ0n) is 32.9. The van der Waals surface area contributed by atoms with E-state index in [-0.39, 0.29) is 68.1 Å². The van der Waals surface area contributed by atoms with Crippen LogP contribution in [0.5, 0.6) is 11.5 Å². The number of methoxy groups -OCH3 is 1. The minimum absolute atomic E-state index is 0.0107. The summed E-state index contributed by atoms with van der Waals surface area (Å²) in [4.78, 5) is 24.5. The lowest BCUT2D eigenvalue weighted by Crippen LogP contribution is -2.25. The van der Waals surface area contributed by atoms with Gasteiger partial charge < -0.3 is 44.5 Å². The van der Waals surface area contributed by atoms with E-state index in [9.17, 15) is 35.1 Å². The number of rotatable bonds is 23. The highest BCUT2D eigenvalue weighted by Crippen LogP contribution is 2.39. The van der Waals surface area contributed by atoms with Crippen LogP contribution in [0.15, 0.2) is 97.1 Å². The van der Waals surface area contributed by atoms with E-state index in [0.717, 1.165) is 0 Å². The topological polar surface area (TPSA) is 172 Å². The number of halogens is 2. The Hall–Kier alpha value is -3.68. The lowest BCUT2D eigenvalue weighted by Gasteiger charge is -2.22. The Morgan fingerprint density at radius 1 is 0.707 bits per heavy atom. The van der Waals surface area contributed by atoms with E-state index in [0.29, 0.717) is 66.5 Å². The number of aliphatic hydroxyl groups excluding tert-OH is 5. The maximum absolute atomic E-state index is 13.0. The monoisotopic (exact) mass is 844 g/mol. The smallest absolute Gasteiger partial charge is 0.306 e. The number of allylic oxidation sites excluding steroid dienone is 4. The second-order valence-corrected chi connectivity index (χ2v) is 15.8. The summed E-state index contributed by atoms with van der Waals surface area (Å²) in [6, 6.07) is 13.8. The summed E-state index contributed by atoms with van der Waals surface area (Å²) in [6.45, 7) is -0.00652. The van der Waals surface area contributed by atoms with Gasteiger partial charge in [-0.2, -0.15) is 0 Å². The molecule has 2 aromatic carbocycles. The van der Waals surface area contributed by atoms with Crippen LogP contribution in [0.25, 0.3) is 0 Å². The zero-order valence-corrected chi connectivity index (χ0v) is 34.4. The highest BCUT2D eigenvalue weighted by Gasteiger charge is 2.43. The number of carbonyl (C=O) groups excluding carboxylic acids is 2. The van der Waals surface area contributed by atoms with E-state index in [2.05, 4.69) is 0 Å². The molecule has 10 atom stereocenters. The van der Waals surface area contributed by atoms with Crippen LogP contribution in [-0.4, -0.2) is 94.4 Å². The Kier molecular flexibility index (Phi) is 20.3. The molecule has 2 fully saturated rings. The van der Waals surface area contributed by atoms with Crippen LogP contribution in [0.1, 0.15) is 64.2 Å². The fourth-order valence-corrected chi connectivity index (χ4v) is 7.78. The molecule has 2 aliphatic carbocycles. The van der Waals surface area contributed by atoms with Crippen molar-refractivity contribution >= 4 is 35.1 Å². The van der Waals surface area contributed by atoms with Gasteiger partial charge in [-0.05, 0) is 86.8 Å². The van der Waals surface area contributed by atoms with Crippen molar-refractivity contribution in [2.45, 2.75) is 101 Å². The van der Waals surface area contributed by atoms with Crippen molar-refractivity contribution in [3.05, 3.63) is 107 Å². The molecule has 2 aliphatic rings. The van der Waals surface area contributed by atoms with Crippen molar-refractivity contribution in [1.82, 2.24) is 0 Å². The number of unbranched alkanes of at least 4 members (excludes halogenated alkanes) is 2. The minimum Gasteiger partial charge on any atom is -0.491 e. The number of hydrogen-bond acceptors (Lipinski definition) is 11. The van der Waals surface area contributed by atoms with E-state index < -0.39 is 36.6 Å². The first-order valence-electron chi connectivity index (χ1n) is 20.0. The van der Waals surface area contributed by atoms with Gasteiger partial charge in [-0.1, -0.05) is 83.9 Å². The molecule has 2 saturated carbocycles. The van der Waals surface area contributed by atoms with Crippen molar-refractivity contribution in [2.75, 3.05) is 20.3 Å². The average molecular weight is 846 g/mol. The molecule has 0 aliphatic heterocycles. The van der Waals surface area contributed by atoms with Crippen molar-refractivity contribution in [3.63, 3.8) is 0 Å². The van der Waals surface area contributed by atoms with Crippen molar-refractivity contribution in [1.29, 1.82) is 0 Å². The van der Waals surface area contributed by atoms with Crippen LogP contribution in [0.4, 0.5) is 0 Å². The van der Waals surface area contributed by atoms with Gasteiger partial charge in [-0.25, -0.2) is 0 Å². The van der Waals surface area contributed by atoms with Crippen LogP contribution in [0, 0.1) is 23.7 Å². The quantitative estimate of drug-likeness (QED) is 0.0445. The van der Waals surface area contributed by atoms with Gasteiger partial charge in [-0.3, -0.25) is 9.59 Å². The molecule has 4 rings (SSSR count). The Bertz CT molecular complexity index is 1680. The number of carbonyl (C=O) groups is 2. The molecule has 0 bridgehead atoms. The molecule has 0 radical (unpaired) electrons. The Morgan fingerprint density at radius 2 is 1.21 bits per heavy atom. The Labute approximate surface area is 351 Å². The summed E-state index contributed by atoms with van der Waals surface area (Å²) in [6.07, 6.45) is 14.4. The Morgan fingerprint density at radius 3 is 1.74 bits per heavy atom. The number of aliphatic hydroxyl groups is 5. The van der Waals surface area contributed by atoms with Gasteiger partial charge in [0.05, 0.1) is 25.4 Å². The molecule has 13 heteroatoms. The molecule has 0 aromatic heterocycles. The number of hydrogen-bond donors (Lipinski definition) is 5. The van der Waals surface area contributed by atoms with Crippen LogP contribution in [-0.2, 0) is 19.1 Å². The standard InChI is InChI=1S/C45H58Cl2O11/c1-55-44(53)18-8-4-2-7-17-37-39(23-21-33(49)29-57-35-15-11-13-31(47)25-35)43(27-42(37)52)58-45(54)19-9-5-3-6-16-36-38(41(51)26-40(36)50)22-20-32(48)28-56-34-14-10-12-30(46)24-34/h2-3,6-7,10-15,20-25,32-33,36-43,48-52H,4-5,8-9,16-19,26-29H2,1H3/b6-3-,7-2-,22-20+,23-21+/t32-,33-,36-,37-,38-,39-,40+,41-,42+,43-/m1/s1. The maximum atomic E-state index is 13.0. The highest BCUT2D eigenvalue weighted by molar-refractivity contribution is 6.31. The largest absolute Gasteiger partial charge is 0.491 e. The second-order valence-electron chi connectivity index (χ2n) is 14.9. The molecule has 0 amide bonds. The third kappa shape index (κ3) is 16.2. The summed E-state index contributed by atoms with van der Waals surface area (Å²) in [5.74, 6) is -0.788. The summed E-state index contributed by atoms with van der Waals surface area (Å²) in [7, 11) is 1.36. The molecular weight excluding hydrogens is 787 g/mol. The molecule has 2 aromatic rings. The SMILES string of the molecule is COC(=O)CCC/C=C\C[C@@H]1[C@@H](/C=C/[C@@H](O)COc2cccc(Cl)c2)[C@H](OC(=O)CCC/C=C\C[C@@H]2[C@@H](/C=C/[C@@H](O)COc3cccc(Cl)c3)[C@H](O)C[C@@H]2O)C[C@@H]1O. The predicted octanol–water partition coefficient (Wildman–Crippen LogP) is 6.96. The Balaban J connectivity index is 1.25. The molecule has 318 valence electrons. The van der Waals surface area contributed by atoms with E-state index in [1.54, 1.807) is 72.8 Å². The molecule has 0 saturated heterocycles.